The number of hydrogen-bond donors (Lipinski definition) is 0. The van der Waals surface area contributed by atoms with Crippen molar-refractivity contribution in [3.05, 3.63) is 58.1 Å². The van der Waals surface area contributed by atoms with Gasteiger partial charge in [-0.15, -0.1) is 0 Å². The van der Waals surface area contributed by atoms with Crippen molar-refractivity contribution >= 4 is 26.7 Å². The first kappa shape index (κ1) is 19.9. The van der Waals surface area contributed by atoms with Crippen LogP contribution in [0.15, 0.2) is 46.1 Å². The molecule has 0 aliphatic carbocycles. The van der Waals surface area contributed by atoms with Crippen LogP contribution >= 0.6 is 0 Å². The van der Waals surface area contributed by atoms with E-state index < -0.39 is 21.4 Å². The third kappa shape index (κ3) is 2.90. The summed E-state index contributed by atoms with van der Waals surface area (Å²) < 4.78 is 34.2. The summed E-state index contributed by atoms with van der Waals surface area (Å²) in [6.45, 7) is 2.05. The Bertz CT molecular complexity index is 1410. The number of piperazine rings is 1. The van der Waals surface area contributed by atoms with Gasteiger partial charge in [0.05, 0.1) is 28.6 Å². The summed E-state index contributed by atoms with van der Waals surface area (Å²) in [5.41, 5.74) is 0.377. The number of rotatable bonds is 3. The highest BCUT2D eigenvalue weighted by molar-refractivity contribution is 7.89. The molecule has 0 amide bonds. The lowest BCUT2D eigenvalue weighted by atomic mass is 10.1. The molecule has 0 atom stereocenters. The molecule has 3 aromatic rings. The number of ether oxygens (including phenoxy) is 1. The number of para-hydroxylation sites is 1. The number of methoxy groups -OCH3 is 1. The topological polar surface area (TPSA) is 102 Å². The Morgan fingerprint density at radius 1 is 1.03 bits per heavy atom. The lowest BCUT2D eigenvalue weighted by molar-refractivity contribution is 0.103. The predicted octanol–water partition coefficient (Wildman–Crippen LogP) is 0.875. The molecule has 0 radical (unpaired) electrons. The lowest BCUT2D eigenvalue weighted by Gasteiger charge is -2.31. The van der Waals surface area contributed by atoms with Gasteiger partial charge in [-0.3, -0.25) is 14.2 Å². The Morgan fingerprint density at radius 2 is 1.77 bits per heavy atom. The molecule has 0 spiro atoms. The van der Waals surface area contributed by atoms with Gasteiger partial charge in [0.25, 0.3) is 5.56 Å². The Kier molecular flexibility index (Phi) is 4.47. The molecule has 5 rings (SSSR count). The summed E-state index contributed by atoms with van der Waals surface area (Å²) in [7, 11) is -0.341. The lowest BCUT2D eigenvalue weighted by Crippen LogP contribution is -2.47. The van der Waals surface area contributed by atoms with Crippen molar-refractivity contribution in [2.45, 2.75) is 4.90 Å². The van der Waals surface area contributed by atoms with Gasteiger partial charge in [-0.25, -0.2) is 13.4 Å². The largest absolute Gasteiger partial charge is 0.494 e. The van der Waals surface area contributed by atoms with Gasteiger partial charge in [-0.1, -0.05) is 6.07 Å². The molecule has 10 heteroatoms. The highest BCUT2D eigenvalue weighted by atomic mass is 32.2. The molecule has 9 nitrogen and oxygen atoms in total. The van der Waals surface area contributed by atoms with Crippen molar-refractivity contribution in [3.8, 4) is 11.4 Å². The molecule has 0 unspecified atom stereocenters. The monoisotopic (exact) mass is 440 g/mol. The second kappa shape index (κ2) is 6.98. The van der Waals surface area contributed by atoms with Crippen LogP contribution in [0.2, 0.25) is 0 Å². The van der Waals surface area contributed by atoms with Crippen LogP contribution in [-0.2, 0) is 10.0 Å². The minimum atomic E-state index is -3.75. The van der Waals surface area contributed by atoms with E-state index in [1.54, 1.807) is 18.2 Å². The number of hydrogen-bond acceptors (Lipinski definition) is 7. The second-order valence-electron chi connectivity index (χ2n) is 7.65. The first-order valence-electron chi connectivity index (χ1n) is 9.80. The van der Waals surface area contributed by atoms with E-state index in [2.05, 4.69) is 9.88 Å². The van der Waals surface area contributed by atoms with Crippen LogP contribution in [0.4, 0.5) is 0 Å². The van der Waals surface area contributed by atoms with Crippen LogP contribution in [0.25, 0.3) is 16.6 Å². The fourth-order valence-electron chi connectivity index (χ4n) is 4.07. The van der Waals surface area contributed by atoms with E-state index in [-0.39, 0.29) is 16.3 Å². The molecule has 2 aliphatic rings. The fraction of sp³-hybridized carbons (Fsp3) is 0.286. The summed E-state index contributed by atoms with van der Waals surface area (Å²) >= 11 is 0. The quantitative estimate of drug-likeness (QED) is 0.466. The fourth-order valence-corrected chi connectivity index (χ4v) is 5.52. The maximum absolute atomic E-state index is 13.1. The minimum absolute atomic E-state index is 0.0344. The second-order valence-corrected chi connectivity index (χ2v) is 9.59. The summed E-state index contributed by atoms with van der Waals surface area (Å²) in [6.07, 6.45) is 0. The van der Waals surface area contributed by atoms with Gasteiger partial charge in [0.1, 0.15) is 11.3 Å². The molecule has 1 saturated heterocycles. The van der Waals surface area contributed by atoms with E-state index in [4.69, 9.17) is 4.74 Å². The number of sulfonamides is 1. The number of carbonyl (C=O) groups is 1. The van der Waals surface area contributed by atoms with E-state index >= 15 is 0 Å². The smallest absolute Gasteiger partial charge is 0.266 e. The zero-order valence-corrected chi connectivity index (χ0v) is 17.8. The summed E-state index contributed by atoms with van der Waals surface area (Å²) in [6, 6.07) is 9.26. The maximum Gasteiger partial charge on any atom is 0.266 e. The number of carbonyl (C=O) groups excluding carboxylic acids is 1. The van der Waals surface area contributed by atoms with E-state index in [1.165, 1.54) is 34.2 Å². The van der Waals surface area contributed by atoms with Crippen molar-refractivity contribution in [3.63, 3.8) is 0 Å². The highest BCUT2D eigenvalue weighted by Crippen LogP contribution is 2.31. The number of nitrogens with zero attached hydrogens (tertiary/aromatic N) is 4. The van der Waals surface area contributed by atoms with Gasteiger partial charge in [-0.2, -0.15) is 4.31 Å². The summed E-state index contributed by atoms with van der Waals surface area (Å²) in [4.78, 5) is 32.7. The van der Waals surface area contributed by atoms with Crippen molar-refractivity contribution in [1.29, 1.82) is 0 Å². The molecule has 0 saturated carbocycles. The first-order valence-corrected chi connectivity index (χ1v) is 11.2. The number of benzene rings is 2. The highest BCUT2D eigenvalue weighted by Gasteiger charge is 2.34. The van der Waals surface area contributed by atoms with Crippen molar-refractivity contribution in [1.82, 2.24) is 18.8 Å². The van der Waals surface area contributed by atoms with Gasteiger partial charge >= 0.3 is 0 Å². The number of fused-ring (bicyclic) bond motifs is 4. The van der Waals surface area contributed by atoms with Crippen LogP contribution in [-0.4, -0.2) is 73.3 Å². The van der Waals surface area contributed by atoms with Crippen molar-refractivity contribution < 1.29 is 17.9 Å². The molecule has 0 N–H and O–H groups in total. The third-order valence-corrected chi connectivity index (χ3v) is 7.73. The third-order valence-electron chi connectivity index (χ3n) is 5.84. The minimum Gasteiger partial charge on any atom is -0.494 e. The van der Waals surface area contributed by atoms with Gasteiger partial charge in [0.15, 0.2) is 5.82 Å². The Balaban J connectivity index is 1.64. The van der Waals surface area contributed by atoms with E-state index in [9.17, 15) is 18.0 Å². The van der Waals surface area contributed by atoms with Crippen LogP contribution in [0, 0.1) is 0 Å². The van der Waals surface area contributed by atoms with Gasteiger partial charge in [-0.05, 0) is 37.4 Å². The van der Waals surface area contributed by atoms with Crippen molar-refractivity contribution in [2.24, 2.45) is 0 Å². The Labute approximate surface area is 178 Å². The standard InChI is InChI=1S/C21H20N4O5S/c1-23-8-10-24(11-9-23)31(28,29)13-6-7-16-15(12-13)19(26)20-22-18-14(21(27)25(16)20)4-3-5-17(18)30-2/h3-7,12H,8-11H2,1-2H3. The van der Waals surface area contributed by atoms with Crippen LogP contribution < -0.4 is 10.3 Å². The first-order chi connectivity index (χ1) is 14.8. The van der Waals surface area contributed by atoms with Crippen molar-refractivity contribution in [2.75, 3.05) is 40.3 Å². The van der Waals surface area contributed by atoms with E-state index in [1.807, 2.05) is 7.05 Å². The molecular formula is C21H20N4O5S. The summed E-state index contributed by atoms with van der Waals surface area (Å²) in [5.74, 6) is -0.151. The SMILES string of the molecule is COc1cccc2c(=O)n3c(nc12)C(=O)c1cc(S(=O)(=O)N2CCN(C)CC2)ccc1-3. The Morgan fingerprint density at radius 3 is 2.48 bits per heavy atom. The predicted molar refractivity (Wildman–Crippen MR) is 114 cm³/mol. The molecule has 1 aromatic heterocycles. The van der Waals surface area contributed by atoms with Gasteiger partial charge in [0.2, 0.25) is 15.8 Å². The normalized spacial score (nSPS) is 17.0. The molecule has 1 fully saturated rings. The van der Waals surface area contributed by atoms with E-state index in [0.717, 1.165) is 0 Å². The average molecular weight is 440 g/mol. The maximum atomic E-state index is 13.1. The molecule has 0 bridgehead atoms. The number of likely N-dealkylation sites (N-methyl/N-ethyl adjacent to an activating group) is 1. The molecule has 3 heterocycles. The Hall–Kier alpha value is -3.08. The van der Waals surface area contributed by atoms with Gasteiger partial charge in [0, 0.05) is 26.2 Å². The van der Waals surface area contributed by atoms with Crippen LogP contribution in [0.1, 0.15) is 16.2 Å². The molecule has 2 aliphatic heterocycles. The van der Waals surface area contributed by atoms with Gasteiger partial charge < -0.3 is 9.64 Å². The van der Waals surface area contributed by atoms with Crippen LogP contribution in [0.3, 0.4) is 0 Å². The zero-order chi connectivity index (χ0) is 21.9. The molecular weight excluding hydrogens is 420 g/mol. The molecule has 160 valence electrons. The zero-order valence-electron chi connectivity index (χ0n) is 17.0. The number of ketones is 1. The van der Waals surface area contributed by atoms with Crippen LogP contribution in [0.5, 0.6) is 5.75 Å². The van der Waals surface area contributed by atoms with E-state index in [0.29, 0.717) is 48.5 Å². The average Bonchev–Trinajstić information content (AvgIpc) is 3.05. The number of aromatic nitrogens is 2. The summed E-state index contributed by atoms with van der Waals surface area (Å²) in [5, 5.41) is 0.317. The molecule has 31 heavy (non-hydrogen) atoms. The molecule has 2 aromatic carbocycles.